The van der Waals surface area contributed by atoms with Gasteiger partial charge in [-0.25, -0.2) is 0 Å². The summed E-state index contributed by atoms with van der Waals surface area (Å²) in [5.74, 6) is 0.618. The lowest BCUT2D eigenvalue weighted by Crippen LogP contribution is -2.24. The van der Waals surface area contributed by atoms with Gasteiger partial charge in [-0.15, -0.1) is 0 Å². The van der Waals surface area contributed by atoms with Gasteiger partial charge in [-0.3, -0.25) is 4.79 Å². The monoisotopic (exact) mass is 833 g/mol. The van der Waals surface area contributed by atoms with E-state index in [1.54, 1.807) is 0 Å². The molecule has 58 heavy (non-hydrogen) atoms. The molecule has 0 bridgehead atoms. The van der Waals surface area contributed by atoms with E-state index in [0.29, 0.717) is 152 Å². The molecular weight excluding hydrogens is 752 g/mol. The first kappa shape index (κ1) is 54.1. The number of ether oxygens (including phenoxy) is 13. The lowest BCUT2D eigenvalue weighted by atomic mass is 10.0. The zero-order valence-corrected chi connectivity index (χ0v) is 36.7. The fourth-order valence-electron chi connectivity index (χ4n) is 5.11. The second kappa shape index (κ2) is 41.8. The average Bonchev–Trinajstić information content (AvgIpc) is 3.20. The molecule has 1 aromatic rings. The molecule has 0 fully saturated rings. The molecule has 0 atom stereocenters. The van der Waals surface area contributed by atoms with Crippen molar-refractivity contribution in [2.45, 2.75) is 91.1 Å². The minimum atomic E-state index is -0.476. The van der Waals surface area contributed by atoms with Gasteiger partial charge >= 0.3 is 5.97 Å². The molecule has 0 saturated carbocycles. The van der Waals surface area contributed by atoms with Gasteiger partial charge in [0.15, 0.2) is 0 Å². The van der Waals surface area contributed by atoms with Crippen molar-refractivity contribution >= 4 is 5.97 Å². The number of hydrogen-bond acceptors (Lipinski definition) is 14. The number of aryl methyl sites for hydroxylation is 1. The molecule has 0 aliphatic carbocycles. The average molecular weight is 833 g/mol. The molecule has 0 heterocycles. The van der Waals surface area contributed by atoms with Crippen LogP contribution in [0.5, 0.6) is 5.75 Å². The number of hydrogen-bond donors (Lipinski definition) is 0. The minimum Gasteiger partial charge on any atom is -0.491 e. The van der Waals surface area contributed by atoms with Gasteiger partial charge in [0.25, 0.3) is 0 Å². The molecule has 340 valence electrons. The summed E-state index contributed by atoms with van der Waals surface area (Å²) < 4.78 is 71.5. The number of esters is 1. The first-order chi connectivity index (χ1) is 28.4. The van der Waals surface area contributed by atoms with Crippen molar-refractivity contribution in [3.8, 4) is 5.75 Å². The quantitative estimate of drug-likeness (QED) is 0.0539. The fraction of sp³-hybridized carbons (Fsp3) is 0.841. The van der Waals surface area contributed by atoms with Crippen LogP contribution in [0, 0.1) is 0 Å². The van der Waals surface area contributed by atoms with Crippen molar-refractivity contribution in [1.82, 2.24) is 0 Å². The highest BCUT2D eigenvalue weighted by molar-refractivity contribution is 5.69. The Morgan fingerprint density at radius 3 is 1.07 bits per heavy atom. The standard InChI is InChI=1S/C44H80O14/c1-5-6-7-8-9-10-11-12-41-13-15-42(16-14-41)57-40-39-56-38-37-55-36-35-54-34-33-53-32-31-52-30-29-51-28-27-50-26-25-49-24-23-48-22-21-47-20-19-46-18-17-43(45)58-44(2,3)4/h13-16H,5-12,17-40H2,1-4H3. The Morgan fingerprint density at radius 1 is 0.414 bits per heavy atom. The van der Waals surface area contributed by atoms with Gasteiger partial charge in [-0.05, 0) is 51.3 Å². The second-order valence-electron chi connectivity index (χ2n) is 14.4. The molecule has 0 spiro atoms. The zero-order chi connectivity index (χ0) is 41.9. The van der Waals surface area contributed by atoms with Crippen LogP contribution in [0.4, 0.5) is 0 Å². The summed E-state index contributed by atoms with van der Waals surface area (Å²) in [6, 6.07) is 8.44. The van der Waals surface area contributed by atoms with Crippen LogP contribution in [0.15, 0.2) is 24.3 Å². The number of carbonyl (C=O) groups is 1. The topological polar surface area (TPSA) is 137 Å². The third-order valence-corrected chi connectivity index (χ3v) is 8.08. The Hall–Kier alpha value is -1.95. The molecule has 14 nitrogen and oxygen atoms in total. The third kappa shape index (κ3) is 40.8. The summed E-state index contributed by atoms with van der Waals surface area (Å²) in [5.41, 5.74) is 0.901. The van der Waals surface area contributed by atoms with E-state index in [0.717, 1.165) is 12.2 Å². The molecule has 1 rings (SSSR count). The largest absolute Gasteiger partial charge is 0.491 e. The van der Waals surface area contributed by atoms with E-state index < -0.39 is 5.60 Å². The summed E-state index contributed by atoms with van der Waals surface area (Å²) in [6.45, 7) is 19.0. The summed E-state index contributed by atoms with van der Waals surface area (Å²) in [4.78, 5) is 11.6. The Balaban J connectivity index is 1.68. The molecule has 0 N–H and O–H groups in total. The van der Waals surface area contributed by atoms with Gasteiger partial charge in [0, 0.05) is 0 Å². The molecule has 0 amide bonds. The highest BCUT2D eigenvalue weighted by Crippen LogP contribution is 2.15. The third-order valence-electron chi connectivity index (χ3n) is 8.08. The maximum absolute atomic E-state index is 11.6. The van der Waals surface area contributed by atoms with Crippen LogP contribution in [0.2, 0.25) is 0 Å². The molecule has 0 radical (unpaired) electrons. The number of rotatable bonds is 45. The summed E-state index contributed by atoms with van der Waals surface area (Å²) in [7, 11) is 0. The molecule has 0 aliphatic heterocycles. The van der Waals surface area contributed by atoms with Gasteiger partial charge in [0.1, 0.15) is 18.0 Å². The summed E-state index contributed by atoms with van der Waals surface area (Å²) in [5, 5.41) is 0. The molecule has 1 aromatic carbocycles. The van der Waals surface area contributed by atoms with E-state index in [4.69, 9.17) is 61.6 Å². The van der Waals surface area contributed by atoms with Crippen LogP contribution < -0.4 is 4.74 Å². The number of carbonyl (C=O) groups excluding carboxylic acids is 1. The van der Waals surface area contributed by atoms with Crippen LogP contribution in [-0.2, 0) is 68.1 Å². The van der Waals surface area contributed by atoms with Crippen molar-refractivity contribution in [3.63, 3.8) is 0 Å². The van der Waals surface area contributed by atoms with Gasteiger partial charge < -0.3 is 61.6 Å². The lowest BCUT2D eigenvalue weighted by molar-refractivity contribution is -0.156. The van der Waals surface area contributed by atoms with Crippen molar-refractivity contribution in [2.24, 2.45) is 0 Å². The molecule has 0 unspecified atom stereocenters. The smallest absolute Gasteiger partial charge is 0.308 e. The first-order valence-corrected chi connectivity index (χ1v) is 21.7. The maximum Gasteiger partial charge on any atom is 0.308 e. The Kier molecular flexibility index (Phi) is 38.9. The summed E-state index contributed by atoms with van der Waals surface area (Å²) in [6.07, 6.45) is 10.7. The van der Waals surface area contributed by atoms with Crippen LogP contribution in [0.25, 0.3) is 0 Å². The zero-order valence-electron chi connectivity index (χ0n) is 36.7. The van der Waals surface area contributed by atoms with Crippen LogP contribution in [0.3, 0.4) is 0 Å². The van der Waals surface area contributed by atoms with E-state index in [1.807, 2.05) is 20.8 Å². The Morgan fingerprint density at radius 2 is 0.724 bits per heavy atom. The maximum atomic E-state index is 11.6. The summed E-state index contributed by atoms with van der Waals surface area (Å²) >= 11 is 0. The first-order valence-electron chi connectivity index (χ1n) is 21.7. The van der Waals surface area contributed by atoms with Gasteiger partial charge in [-0.2, -0.15) is 0 Å². The van der Waals surface area contributed by atoms with Crippen molar-refractivity contribution < 1.29 is 66.4 Å². The molecule has 0 aromatic heterocycles. The lowest BCUT2D eigenvalue weighted by Gasteiger charge is -2.19. The van der Waals surface area contributed by atoms with Crippen molar-refractivity contribution in [3.05, 3.63) is 29.8 Å². The normalized spacial score (nSPS) is 11.7. The second-order valence-corrected chi connectivity index (χ2v) is 14.4. The predicted molar refractivity (Wildman–Crippen MR) is 223 cm³/mol. The van der Waals surface area contributed by atoms with Gasteiger partial charge in [0.05, 0.1) is 152 Å². The number of benzene rings is 1. The predicted octanol–water partition coefficient (Wildman–Crippen LogP) is 6.27. The molecule has 0 aliphatic rings. The van der Waals surface area contributed by atoms with Crippen molar-refractivity contribution in [1.29, 1.82) is 0 Å². The Labute approximate surface area is 350 Å². The number of unbranched alkanes of at least 4 members (excludes halogenated alkanes) is 6. The fourth-order valence-corrected chi connectivity index (χ4v) is 5.11. The van der Waals surface area contributed by atoms with Crippen LogP contribution in [0.1, 0.15) is 84.6 Å². The van der Waals surface area contributed by atoms with Crippen LogP contribution >= 0.6 is 0 Å². The molecular formula is C44H80O14. The Bertz CT molecular complexity index is 991. The van der Waals surface area contributed by atoms with E-state index in [1.165, 1.54) is 50.5 Å². The highest BCUT2D eigenvalue weighted by Gasteiger charge is 2.15. The van der Waals surface area contributed by atoms with E-state index >= 15 is 0 Å². The van der Waals surface area contributed by atoms with Gasteiger partial charge in [-0.1, -0.05) is 57.6 Å². The highest BCUT2D eigenvalue weighted by atomic mass is 16.6. The molecule has 14 heteroatoms. The van der Waals surface area contributed by atoms with Gasteiger partial charge in [0.2, 0.25) is 0 Å². The molecule has 0 saturated heterocycles. The van der Waals surface area contributed by atoms with Crippen LogP contribution in [-0.4, -0.2) is 164 Å². The van der Waals surface area contributed by atoms with E-state index in [9.17, 15) is 4.79 Å². The van der Waals surface area contributed by atoms with E-state index in [2.05, 4.69) is 31.2 Å². The van der Waals surface area contributed by atoms with E-state index in [-0.39, 0.29) is 12.4 Å². The minimum absolute atomic E-state index is 0.231. The van der Waals surface area contributed by atoms with Crippen molar-refractivity contribution in [2.75, 3.05) is 152 Å². The SMILES string of the molecule is CCCCCCCCCc1ccc(OCCOCCOCCOCCOCCOCCOCCOCCOCCOCCOCCOCCC(=O)OC(C)(C)C)cc1.